The number of aromatic amines is 1. The van der Waals surface area contributed by atoms with E-state index in [9.17, 15) is 0 Å². The summed E-state index contributed by atoms with van der Waals surface area (Å²) in [6.45, 7) is 6.31. The number of aromatic nitrogens is 3. The van der Waals surface area contributed by atoms with Gasteiger partial charge in [-0.2, -0.15) is 10.3 Å². The topological polar surface area (TPSA) is 50.8 Å². The van der Waals surface area contributed by atoms with Gasteiger partial charge in [-0.15, -0.1) is 5.10 Å². The third-order valence-corrected chi connectivity index (χ3v) is 3.41. The Hall–Kier alpha value is -0.550. The van der Waals surface area contributed by atoms with Crippen molar-refractivity contribution in [2.45, 2.75) is 55.6 Å². The molecule has 1 aliphatic rings. The fourth-order valence-corrected chi connectivity index (χ4v) is 2.80. The van der Waals surface area contributed by atoms with Gasteiger partial charge in [0.2, 0.25) is 0 Å². The van der Waals surface area contributed by atoms with Crippen LogP contribution in [0.5, 0.6) is 0 Å². The normalized spacial score (nSPS) is 26.3. The molecule has 15 heavy (non-hydrogen) atoms. The first-order valence-electron chi connectivity index (χ1n) is 5.23. The zero-order valence-corrected chi connectivity index (χ0v) is 10.2. The molecule has 4 nitrogen and oxygen atoms in total. The zero-order chi connectivity index (χ0) is 10.9. The maximum atomic E-state index is 5.87. The lowest BCUT2D eigenvalue weighted by molar-refractivity contribution is -0.0891. The van der Waals surface area contributed by atoms with Gasteiger partial charge in [-0.3, -0.25) is 0 Å². The zero-order valence-electron chi connectivity index (χ0n) is 9.36. The van der Waals surface area contributed by atoms with Crippen LogP contribution < -0.4 is 0 Å². The molecule has 1 fully saturated rings. The molecule has 1 heterocycles. The van der Waals surface area contributed by atoms with E-state index in [1.165, 1.54) is 0 Å². The second kappa shape index (κ2) is 4.14. The summed E-state index contributed by atoms with van der Waals surface area (Å²) in [6, 6.07) is 0. The molecule has 0 bridgehead atoms. The van der Waals surface area contributed by atoms with Gasteiger partial charge in [-0.05, 0) is 33.6 Å². The lowest BCUT2D eigenvalue weighted by Crippen LogP contribution is -2.38. The minimum atomic E-state index is -0.0196. The van der Waals surface area contributed by atoms with Crippen molar-refractivity contribution in [3.63, 3.8) is 0 Å². The number of hydrogen-bond donors (Lipinski definition) is 1. The molecule has 2 rings (SSSR count). The summed E-state index contributed by atoms with van der Waals surface area (Å²) in [5.41, 5.74) is -0.0196. The highest BCUT2D eigenvalue weighted by atomic mass is 32.2. The van der Waals surface area contributed by atoms with Gasteiger partial charge in [0.05, 0.1) is 17.9 Å². The molecule has 1 saturated carbocycles. The Balaban J connectivity index is 1.70. The summed E-state index contributed by atoms with van der Waals surface area (Å²) in [4.78, 5) is 0. The molecule has 0 unspecified atom stereocenters. The molecule has 0 saturated heterocycles. The summed E-state index contributed by atoms with van der Waals surface area (Å²) in [6.07, 6.45) is 4.43. The third kappa shape index (κ3) is 3.21. The van der Waals surface area contributed by atoms with E-state index >= 15 is 0 Å². The minimum Gasteiger partial charge on any atom is -0.373 e. The average molecular weight is 227 g/mol. The van der Waals surface area contributed by atoms with Gasteiger partial charge in [0.25, 0.3) is 0 Å². The smallest absolute Gasteiger partial charge is 0.138 e. The van der Waals surface area contributed by atoms with E-state index in [1.807, 2.05) is 0 Å². The summed E-state index contributed by atoms with van der Waals surface area (Å²) in [5.74, 6) is 0. The number of H-pyrrole nitrogens is 1. The molecular formula is C10H17N3OS. The highest BCUT2D eigenvalue weighted by Crippen LogP contribution is 2.38. The van der Waals surface area contributed by atoms with Gasteiger partial charge < -0.3 is 4.74 Å². The lowest BCUT2D eigenvalue weighted by atomic mass is 9.94. The molecule has 0 aromatic carbocycles. The molecule has 1 aromatic rings. The SMILES string of the molecule is CC(C)(C)OC1CC(Sc2cn[nH]n2)C1. The van der Waals surface area contributed by atoms with Gasteiger partial charge in [0.15, 0.2) is 0 Å². The van der Waals surface area contributed by atoms with Crippen molar-refractivity contribution in [3.05, 3.63) is 6.20 Å². The Bertz CT molecular complexity index is 301. The maximum Gasteiger partial charge on any atom is 0.138 e. The van der Waals surface area contributed by atoms with Crippen molar-refractivity contribution in [3.8, 4) is 0 Å². The first kappa shape index (κ1) is 11.0. The molecule has 0 amide bonds. The molecule has 0 radical (unpaired) electrons. The van der Waals surface area contributed by atoms with E-state index in [1.54, 1.807) is 18.0 Å². The van der Waals surface area contributed by atoms with Gasteiger partial charge in [-0.25, -0.2) is 0 Å². The van der Waals surface area contributed by atoms with Crippen molar-refractivity contribution in [1.82, 2.24) is 15.4 Å². The van der Waals surface area contributed by atoms with E-state index in [0.717, 1.165) is 17.9 Å². The molecule has 0 aliphatic heterocycles. The summed E-state index contributed by atoms with van der Waals surface area (Å²) in [5, 5.41) is 12.1. The molecule has 84 valence electrons. The van der Waals surface area contributed by atoms with Crippen molar-refractivity contribution < 1.29 is 4.74 Å². The van der Waals surface area contributed by atoms with Crippen LogP contribution in [0.1, 0.15) is 33.6 Å². The summed E-state index contributed by atoms with van der Waals surface area (Å²) >= 11 is 1.78. The Kier molecular flexibility index (Phi) is 3.02. The van der Waals surface area contributed by atoms with Crippen LogP contribution in [0.25, 0.3) is 0 Å². The van der Waals surface area contributed by atoms with Crippen molar-refractivity contribution in [2.75, 3.05) is 0 Å². The van der Waals surface area contributed by atoms with Gasteiger partial charge in [-0.1, -0.05) is 11.8 Å². The van der Waals surface area contributed by atoms with Crippen LogP contribution in [-0.2, 0) is 4.74 Å². The Labute approximate surface area is 94.2 Å². The van der Waals surface area contributed by atoms with Crippen LogP contribution in [0.15, 0.2) is 11.2 Å². The standard InChI is InChI=1S/C10H17N3OS/c1-10(2,3)14-7-4-8(5-7)15-9-6-11-13-12-9/h6-8H,4-5H2,1-3H3,(H,11,12,13). The van der Waals surface area contributed by atoms with Crippen LogP contribution >= 0.6 is 11.8 Å². The number of ether oxygens (including phenoxy) is 1. The number of nitrogens with zero attached hydrogens (tertiary/aromatic N) is 2. The quantitative estimate of drug-likeness (QED) is 0.860. The van der Waals surface area contributed by atoms with E-state index in [-0.39, 0.29) is 5.60 Å². The molecule has 5 heteroatoms. The average Bonchev–Trinajstić information content (AvgIpc) is 2.50. The molecule has 0 atom stereocenters. The van der Waals surface area contributed by atoms with Crippen LogP contribution in [-0.4, -0.2) is 32.4 Å². The molecule has 1 aromatic heterocycles. The second-order valence-corrected chi connectivity index (χ2v) is 6.19. The number of hydrogen-bond acceptors (Lipinski definition) is 4. The van der Waals surface area contributed by atoms with Crippen LogP contribution in [0.3, 0.4) is 0 Å². The van der Waals surface area contributed by atoms with Crippen LogP contribution in [0, 0.1) is 0 Å². The number of thioether (sulfide) groups is 1. The fourth-order valence-electron chi connectivity index (χ4n) is 1.63. The van der Waals surface area contributed by atoms with E-state index in [2.05, 4.69) is 36.2 Å². The molecule has 1 N–H and O–H groups in total. The first-order chi connectivity index (χ1) is 7.03. The van der Waals surface area contributed by atoms with Gasteiger partial charge in [0, 0.05) is 5.25 Å². The van der Waals surface area contributed by atoms with Crippen LogP contribution in [0.4, 0.5) is 0 Å². The van der Waals surface area contributed by atoms with E-state index in [0.29, 0.717) is 11.4 Å². The highest BCUT2D eigenvalue weighted by Gasteiger charge is 2.33. The number of rotatable bonds is 3. The molecule has 1 aliphatic carbocycles. The number of nitrogens with one attached hydrogen (secondary N) is 1. The second-order valence-electron chi connectivity index (χ2n) is 4.87. The summed E-state index contributed by atoms with van der Waals surface area (Å²) in [7, 11) is 0. The van der Waals surface area contributed by atoms with E-state index < -0.39 is 0 Å². The Morgan fingerprint density at radius 2 is 2.20 bits per heavy atom. The third-order valence-electron chi connectivity index (χ3n) is 2.25. The van der Waals surface area contributed by atoms with Crippen LogP contribution in [0.2, 0.25) is 0 Å². The molecule has 0 spiro atoms. The molecular weight excluding hydrogens is 210 g/mol. The van der Waals surface area contributed by atoms with Gasteiger partial charge >= 0.3 is 0 Å². The Morgan fingerprint density at radius 3 is 2.73 bits per heavy atom. The fraction of sp³-hybridized carbons (Fsp3) is 0.800. The van der Waals surface area contributed by atoms with Crippen molar-refractivity contribution >= 4 is 11.8 Å². The first-order valence-corrected chi connectivity index (χ1v) is 6.11. The predicted molar refractivity (Wildman–Crippen MR) is 59.9 cm³/mol. The largest absolute Gasteiger partial charge is 0.373 e. The van der Waals surface area contributed by atoms with Crippen molar-refractivity contribution in [2.24, 2.45) is 0 Å². The monoisotopic (exact) mass is 227 g/mol. The van der Waals surface area contributed by atoms with Gasteiger partial charge in [0.1, 0.15) is 5.03 Å². The maximum absolute atomic E-state index is 5.87. The lowest BCUT2D eigenvalue weighted by Gasteiger charge is -2.38. The Morgan fingerprint density at radius 1 is 1.47 bits per heavy atom. The highest BCUT2D eigenvalue weighted by molar-refractivity contribution is 7.99. The van der Waals surface area contributed by atoms with Crippen molar-refractivity contribution in [1.29, 1.82) is 0 Å². The minimum absolute atomic E-state index is 0.0196. The summed E-state index contributed by atoms with van der Waals surface area (Å²) < 4.78 is 5.87. The predicted octanol–water partition coefficient (Wildman–Crippen LogP) is 2.24. The van der Waals surface area contributed by atoms with E-state index in [4.69, 9.17) is 4.74 Å².